The van der Waals surface area contributed by atoms with E-state index in [0.29, 0.717) is 12.3 Å². The molecule has 0 aliphatic rings. The van der Waals surface area contributed by atoms with Crippen LogP contribution in [0.3, 0.4) is 0 Å². The first-order valence-corrected chi connectivity index (χ1v) is 6.55. The van der Waals surface area contributed by atoms with Crippen LogP contribution < -0.4 is 15.4 Å². The van der Waals surface area contributed by atoms with Crippen LogP contribution in [0.2, 0.25) is 0 Å². The average molecular weight is 294 g/mol. The summed E-state index contributed by atoms with van der Waals surface area (Å²) in [6.07, 6.45) is -0.869. The summed E-state index contributed by atoms with van der Waals surface area (Å²) in [5.74, 6) is -1.17. The molecule has 114 valence electrons. The van der Waals surface area contributed by atoms with E-state index in [2.05, 4.69) is 10.6 Å². The van der Waals surface area contributed by atoms with Crippen molar-refractivity contribution in [2.45, 2.75) is 25.8 Å². The van der Waals surface area contributed by atoms with Crippen LogP contribution in [0, 0.1) is 0 Å². The third-order valence-electron chi connectivity index (χ3n) is 2.58. The van der Waals surface area contributed by atoms with E-state index in [-0.39, 0.29) is 18.7 Å². The highest BCUT2D eigenvalue weighted by Gasteiger charge is 2.21. The van der Waals surface area contributed by atoms with Gasteiger partial charge in [-0.15, -0.1) is 0 Å². The van der Waals surface area contributed by atoms with E-state index in [4.69, 9.17) is 9.84 Å². The lowest BCUT2D eigenvalue weighted by Crippen LogP contribution is -2.43. The molecular formula is C14H18N2O5. The molecule has 0 saturated heterocycles. The van der Waals surface area contributed by atoms with Crippen LogP contribution >= 0.6 is 0 Å². The van der Waals surface area contributed by atoms with Gasteiger partial charge in [-0.3, -0.25) is 4.79 Å². The Bertz CT molecular complexity index is 489. The molecule has 1 atom stereocenters. The summed E-state index contributed by atoms with van der Waals surface area (Å²) in [5.41, 5.74) is 0. The zero-order valence-corrected chi connectivity index (χ0v) is 11.7. The zero-order chi connectivity index (χ0) is 15.7. The van der Waals surface area contributed by atoms with E-state index in [1.54, 1.807) is 37.3 Å². The summed E-state index contributed by atoms with van der Waals surface area (Å²) in [7, 11) is 0. The Morgan fingerprint density at radius 3 is 2.48 bits per heavy atom. The van der Waals surface area contributed by atoms with Crippen LogP contribution in [0.5, 0.6) is 5.75 Å². The normalized spacial score (nSPS) is 11.3. The van der Waals surface area contributed by atoms with Gasteiger partial charge in [-0.05, 0) is 25.5 Å². The molecule has 0 aromatic heterocycles. The number of ether oxygens (including phenoxy) is 1. The molecule has 2 amide bonds. The van der Waals surface area contributed by atoms with Crippen LogP contribution in [0.1, 0.15) is 19.8 Å². The number of nitrogens with one attached hydrogen (secondary N) is 2. The lowest BCUT2D eigenvalue weighted by molar-refractivity contribution is -0.139. The van der Waals surface area contributed by atoms with Crippen molar-refractivity contribution < 1.29 is 24.2 Å². The third-order valence-corrected chi connectivity index (χ3v) is 2.58. The number of amides is 2. The van der Waals surface area contributed by atoms with Crippen molar-refractivity contribution in [1.29, 1.82) is 0 Å². The highest BCUT2D eigenvalue weighted by atomic mass is 16.6. The van der Waals surface area contributed by atoms with Crippen molar-refractivity contribution in [3.63, 3.8) is 0 Å². The summed E-state index contributed by atoms with van der Waals surface area (Å²) >= 11 is 0. The van der Waals surface area contributed by atoms with Gasteiger partial charge in [-0.1, -0.05) is 18.2 Å². The van der Waals surface area contributed by atoms with Gasteiger partial charge in [0.1, 0.15) is 11.8 Å². The van der Waals surface area contributed by atoms with Crippen molar-refractivity contribution in [3.8, 4) is 5.75 Å². The van der Waals surface area contributed by atoms with Crippen LogP contribution in [0.4, 0.5) is 4.79 Å². The van der Waals surface area contributed by atoms with Crippen LogP contribution in [0.15, 0.2) is 30.3 Å². The van der Waals surface area contributed by atoms with Gasteiger partial charge in [0.15, 0.2) is 0 Å². The Morgan fingerprint density at radius 1 is 1.24 bits per heavy atom. The van der Waals surface area contributed by atoms with E-state index in [0.717, 1.165) is 0 Å². The van der Waals surface area contributed by atoms with Gasteiger partial charge in [0.25, 0.3) is 0 Å². The van der Waals surface area contributed by atoms with Gasteiger partial charge in [0, 0.05) is 13.0 Å². The van der Waals surface area contributed by atoms with Crippen molar-refractivity contribution in [2.75, 3.05) is 6.54 Å². The highest BCUT2D eigenvalue weighted by Crippen LogP contribution is 2.08. The van der Waals surface area contributed by atoms with E-state index < -0.39 is 18.1 Å². The number of rotatable bonds is 7. The first kappa shape index (κ1) is 16.5. The molecule has 0 spiro atoms. The molecular weight excluding hydrogens is 276 g/mol. The molecule has 7 heteroatoms. The van der Waals surface area contributed by atoms with Gasteiger partial charge >= 0.3 is 12.1 Å². The zero-order valence-electron chi connectivity index (χ0n) is 11.7. The van der Waals surface area contributed by atoms with Gasteiger partial charge < -0.3 is 20.5 Å². The number of carbonyl (C=O) groups is 3. The summed E-state index contributed by atoms with van der Waals surface area (Å²) in [4.78, 5) is 34.0. The van der Waals surface area contributed by atoms with Crippen molar-refractivity contribution in [2.24, 2.45) is 0 Å². The first-order valence-electron chi connectivity index (χ1n) is 6.55. The lowest BCUT2D eigenvalue weighted by atomic mass is 10.1. The maximum atomic E-state index is 11.6. The molecule has 1 rings (SSSR count). The molecule has 0 fully saturated rings. The minimum atomic E-state index is -1.22. The monoisotopic (exact) mass is 294 g/mol. The molecule has 0 heterocycles. The fourth-order valence-electron chi connectivity index (χ4n) is 1.59. The molecule has 1 aromatic rings. The second kappa shape index (κ2) is 8.57. The number of carboxylic acid groups (broad SMARTS) is 1. The van der Waals surface area contributed by atoms with Gasteiger partial charge in [0.2, 0.25) is 5.91 Å². The molecule has 1 aromatic carbocycles. The summed E-state index contributed by atoms with van der Waals surface area (Å²) in [5, 5.41) is 13.8. The molecule has 7 nitrogen and oxygen atoms in total. The largest absolute Gasteiger partial charge is 0.480 e. The smallest absolute Gasteiger partial charge is 0.413 e. The maximum Gasteiger partial charge on any atom is 0.413 e. The Morgan fingerprint density at radius 2 is 1.90 bits per heavy atom. The number of aliphatic carboxylic acids is 1. The van der Waals surface area contributed by atoms with E-state index in [9.17, 15) is 14.4 Å². The molecule has 0 saturated carbocycles. The number of carbonyl (C=O) groups excluding carboxylic acids is 2. The molecule has 21 heavy (non-hydrogen) atoms. The van der Waals surface area contributed by atoms with Gasteiger partial charge in [-0.25, -0.2) is 9.59 Å². The second-order valence-corrected chi connectivity index (χ2v) is 4.23. The standard InChI is InChI=1S/C14H18N2O5/c1-2-15-12(17)9-8-11(13(18)19)16-14(20)21-10-6-4-3-5-7-10/h3-7,11H,2,8-9H2,1H3,(H,15,17)(H,16,20)(H,18,19)/t11-/m0/s1. The molecule has 3 N–H and O–H groups in total. The second-order valence-electron chi connectivity index (χ2n) is 4.23. The Hall–Kier alpha value is -2.57. The number of para-hydroxylation sites is 1. The van der Waals surface area contributed by atoms with Crippen LogP contribution in [-0.2, 0) is 9.59 Å². The molecule has 0 unspecified atom stereocenters. The Kier molecular flexibility index (Phi) is 6.73. The average Bonchev–Trinajstić information content (AvgIpc) is 2.44. The lowest BCUT2D eigenvalue weighted by Gasteiger charge is -2.14. The minimum absolute atomic E-state index is 0.00887. The van der Waals surface area contributed by atoms with Crippen molar-refractivity contribution in [1.82, 2.24) is 10.6 Å². The number of hydrogen-bond donors (Lipinski definition) is 3. The predicted octanol–water partition coefficient (Wildman–Crippen LogP) is 1.14. The molecule has 0 bridgehead atoms. The van der Waals surface area contributed by atoms with Crippen molar-refractivity contribution >= 4 is 18.0 Å². The Labute approximate surface area is 122 Å². The minimum Gasteiger partial charge on any atom is -0.480 e. The summed E-state index contributed by atoms with van der Waals surface area (Å²) in [6.45, 7) is 2.24. The van der Waals surface area contributed by atoms with Crippen molar-refractivity contribution in [3.05, 3.63) is 30.3 Å². The first-order chi connectivity index (χ1) is 10.0. The Balaban J connectivity index is 2.48. The van der Waals surface area contributed by atoms with Gasteiger partial charge in [0.05, 0.1) is 0 Å². The molecule has 0 aliphatic heterocycles. The summed E-state index contributed by atoms with van der Waals surface area (Å²) in [6, 6.07) is 7.10. The third kappa shape index (κ3) is 6.42. The molecule has 0 radical (unpaired) electrons. The van der Waals surface area contributed by atoms with Crippen LogP contribution in [-0.4, -0.2) is 35.7 Å². The fourth-order valence-corrected chi connectivity index (χ4v) is 1.59. The highest BCUT2D eigenvalue weighted by molar-refractivity contribution is 5.82. The van der Waals surface area contributed by atoms with Gasteiger partial charge in [-0.2, -0.15) is 0 Å². The molecule has 0 aliphatic carbocycles. The topological polar surface area (TPSA) is 105 Å². The summed E-state index contributed by atoms with van der Waals surface area (Å²) < 4.78 is 4.94. The quantitative estimate of drug-likeness (QED) is 0.699. The number of carboxylic acids is 1. The van der Waals surface area contributed by atoms with E-state index in [1.165, 1.54) is 0 Å². The predicted molar refractivity (Wildman–Crippen MR) is 74.9 cm³/mol. The number of benzene rings is 1. The van der Waals surface area contributed by atoms with Crippen LogP contribution in [0.25, 0.3) is 0 Å². The SMILES string of the molecule is CCNC(=O)CC[C@H](NC(=O)Oc1ccccc1)C(=O)O. The van der Waals surface area contributed by atoms with E-state index >= 15 is 0 Å². The maximum absolute atomic E-state index is 11.6. The fraction of sp³-hybridized carbons (Fsp3) is 0.357. The number of hydrogen-bond acceptors (Lipinski definition) is 4. The van der Waals surface area contributed by atoms with E-state index in [1.807, 2.05) is 0 Å².